The summed E-state index contributed by atoms with van der Waals surface area (Å²) in [6.07, 6.45) is 2.88. The Bertz CT molecular complexity index is 1500. The lowest BCUT2D eigenvalue weighted by atomic mass is 9.96. The van der Waals surface area contributed by atoms with Gasteiger partial charge < -0.3 is 15.0 Å². The molecule has 1 unspecified atom stereocenters. The summed E-state index contributed by atoms with van der Waals surface area (Å²) >= 11 is 12.2. The molecule has 11 heteroatoms. The van der Waals surface area contributed by atoms with Gasteiger partial charge >= 0.3 is 0 Å². The van der Waals surface area contributed by atoms with E-state index < -0.39 is 11.9 Å². The average molecular weight is 628 g/mol. The Hall–Kier alpha value is -3.14. The summed E-state index contributed by atoms with van der Waals surface area (Å²) in [7, 11) is 0. The summed E-state index contributed by atoms with van der Waals surface area (Å²) in [6.45, 7) is 14.7. The number of rotatable bonds is 7. The molecule has 3 heterocycles. The lowest BCUT2D eigenvalue weighted by Crippen LogP contribution is -2.61. The van der Waals surface area contributed by atoms with Crippen LogP contribution < -0.4 is 10.1 Å². The molecular weight excluding hydrogens is 587 g/mol. The maximum atomic E-state index is 13.7. The third-order valence-electron chi connectivity index (χ3n) is 8.47. The van der Waals surface area contributed by atoms with Gasteiger partial charge in [-0.3, -0.25) is 14.5 Å². The molecule has 2 amide bonds. The molecule has 2 aliphatic rings. The Balaban J connectivity index is 1.25. The monoisotopic (exact) mass is 626 g/mol. The minimum absolute atomic E-state index is 0.0823. The number of nitrogens with zero attached hydrogens (tertiary/aromatic N) is 5. The molecular formula is C32H40Cl2N6O3. The van der Waals surface area contributed by atoms with E-state index in [0.29, 0.717) is 36.8 Å². The van der Waals surface area contributed by atoms with Crippen molar-refractivity contribution >= 4 is 35.0 Å². The Morgan fingerprint density at radius 3 is 2.49 bits per heavy atom. The molecule has 43 heavy (non-hydrogen) atoms. The molecule has 1 aromatic heterocycles. The van der Waals surface area contributed by atoms with Crippen molar-refractivity contribution in [2.75, 3.05) is 19.7 Å². The second-order valence-corrected chi connectivity index (χ2v) is 13.1. The maximum absolute atomic E-state index is 13.7. The van der Waals surface area contributed by atoms with Crippen LogP contribution in [0.3, 0.4) is 0 Å². The molecule has 5 rings (SSSR count). The first-order valence-electron chi connectivity index (χ1n) is 14.9. The summed E-state index contributed by atoms with van der Waals surface area (Å²) in [4.78, 5) is 31.0. The number of aromatic nitrogens is 3. The second-order valence-electron chi connectivity index (χ2n) is 12.3. The molecule has 9 nitrogen and oxygen atoms in total. The molecule has 2 aromatic carbocycles. The van der Waals surface area contributed by atoms with E-state index in [0.717, 1.165) is 29.0 Å². The number of nitrogens with one attached hydrogen (secondary N) is 1. The topological polar surface area (TPSA) is 92.6 Å². The molecule has 4 atom stereocenters. The van der Waals surface area contributed by atoms with Crippen LogP contribution in [-0.4, -0.2) is 74.4 Å². The fourth-order valence-electron chi connectivity index (χ4n) is 6.31. The van der Waals surface area contributed by atoms with Gasteiger partial charge in [0.15, 0.2) is 0 Å². The van der Waals surface area contributed by atoms with Crippen molar-refractivity contribution in [2.24, 2.45) is 5.92 Å². The lowest BCUT2D eigenvalue weighted by molar-refractivity contribution is -0.139. The number of amides is 2. The Kier molecular flexibility index (Phi) is 9.34. The standard InChI is InChI=1S/C32H40Cl2N6O3/c1-18(2)29(35-31(41)25-8-7-23(33)13-27(25)34)32(42)38-14-21(5)39(22(6)15-38)16-24-17-40(37-36-24)28-9-10-43-30-20(4)11-19(3)12-26(28)30/h7-8,11-13,17-18,21-22,28-29H,9-10,14-16H2,1-6H3,(H,35,41)/t21-,22+,28-,29?/m1/s1. The number of hydrogen-bond donors (Lipinski definition) is 1. The first kappa shape index (κ1) is 31.3. The molecule has 0 bridgehead atoms. The van der Waals surface area contributed by atoms with Crippen molar-refractivity contribution < 1.29 is 14.3 Å². The molecule has 1 saturated heterocycles. The van der Waals surface area contributed by atoms with Crippen LogP contribution in [0.4, 0.5) is 0 Å². The summed E-state index contributed by atoms with van der Waals surface area (Å²) in [6, 6.07) is 8.61. The van der Waals surface area contributed by atoms with Gasteiger partial charge in [-0.05, 0) is 57.4 Å². The molecule has 3 aromatic rings. The van der Waals surface area contributed by atoms with Crippen LogP contribution in [0.2, 0.25) is 10.0 Å². The second kappa shape index (κ2) is 12.8. The van der Waals surface area contributed by atoms with Crippen molar-refractivity contribution in [3.05, 3.63) is 74.5 Å². The van der Waals surface area contributed by atoms with Crippen molar-refractivity contribution in [1.82, 2.24) is 30.1 Å². The Morgan fingerprint density at radius 1 is 1.09 bits per heavy atom. The molecule has 1 N–H and O–H groups in total. The first-order chi connectivity index (χ1) is 20.4. The van der Waals surface area contributed by atoms with Gasteiger partial charge in [0.1, 0.15) is 11.8 Å². The zero-order chi connectivity index (χ0) is 31.0. The van der Waals surface area contributed by atoms with Crippen molar-refractivity contribution in [1.29, 1.82) is 0 Å². The van der Waals surface area contributed by atoms with Gasteiger partial charge in [-0.25, -0.2) is 4.68 Å². The van der Waals surface area contributed by atoms with Gasteiger partial charge in [0, 0.05) is 48.7 Å². The first-order valence-corrected chi connectivity index (χ1v) is 15.6. The number of halogens is 2. The van der Waals surface area contributed by atoms with E-state index >= 15 is 0 Å². The highest BCUT2D eigenvalue weighted by Crippen LogP contribution is 2.37. The molecule has 230 valence electrons. The van der Waals surface area contributed by atoms with E-state index in [2.05, 4.69) is 60.4 Å². The summed E-state index contributed by atoms with van der Waals surface area (Å²) < 4.78 is 7.96. The highest BCUT2D eigenvalue weighted by atomic mass is 35.5. The van der Waals surface area contributed by atoms with Crippen LogP contribution >= 0.6 is 23.2 Å². The van der Waals surface area contributed by atoms with Gasteiger partial charge in [0.05, 0.1) is 35.1 Å². The number of aryl methyl sites for hydroxylation is 2. The highest BCUT2D eigenvalue weighted by Gasteiger charge is 2.37. The number of hydrogen-bond acceptors (Lipinski definition) is 6. The third kappa shape index (κ3) is 6.69. The smallest absolute Gasteiger partial charge is 0.253 e. The zero-order valence-electron chi connectivity index (χ0n) is 25.6. The molecule has 1 fully saturated rings. The normalized spacial score (nSPS) is 21.3. The van der Waals surface area contributed by atoms with Crippen LogP contribution in [0.5, 0.6) is 5.75 Å². The van der Waals surface area contributed by atoms with Crippen LogP contribution in [0.15, 0.2) is 36.5 Å². The number of ether oxygens (including phenoxy) is 1. The summed E-state index contributed by atoms with van der Waals surface area (Å²) in [5.74, 6) is 0.355. The van der Waals surface area contributed by atoms with Crippen LogP contribution in [0.1, 0.15) is 72.9 Å². The minimum Gasteiger partial charge on any atom is -0.493 e. The fourth-order valence-corrected chi connectivity index (χ4v) is 6.81. The minimum atomic E-state index is -0.681. The van der Waals surface area contributed by atoms with E-state index in [-0.39, 0.29) is 35.0 Å². The fraction of sp³-hybridized carbons (Fsp3) is 0.500. The molecule has 0 saturated carbocycles. The van der Waals surface area contributed by atoms with Crippen molar-refractivity contribution in [3.8, 4) is 5.75 Å². The van der Waals surface area contributed by atoms with Crippen molar-refractivity contribution in [2.45, 2.75) is 78.7 Å². The summed E-state index contributed by atoms with van der Waals surface area (Å²) in [5.41, 5.74) is 4.68. The lowest BCUT2D eigenvalue weighted by Gasteiger charge is -2.45. The van der Waals surface area contributed by atoms with E-state index in [1.807, 2.05) is 29.6 Å². The largest absolute Gasteiger partial charge is 0.493 e. The maximum Gasteiger partial charge on any atom is 0.253 e. The predicted molar refractivity (Wildman–Crippen MR) is 168 cm³/mol. The van der Waals surface area contributed by atoms with Crippen LogP contribution in [0, 0.1) is 19.8 Å². The zero-order valence-corrected chi connectivity index (χ0v) is 27.1. The Morgan fingerprint density at radius 2 is 1.81 bits per heavy atom. The number of carbonyl (C=O) groups excluding carboxylic acids is 2. The predicted octanol–water partition coefficient (Wildman–Crippen LogP) is 5.45. The number of benzene rings is 2. The van der Waals surface area contributed by atoms with Gasteiger partial charge in [-0.1, -0.05) is 60.0 Å². The van der Waals surface area contributed by atoms with Crippen LogP contribution in [0.25, 0.3) is 0 Å². The van der Waals surface area contributed by atoms with Gasteiger partial charge in [0.2, 0.25) is 5.91 Å². The van der Waals surface area contributed by atoms with E-state index in [1.165, 1.54) is 11.6 Å². The third-order valence-corrected chi connectivity index (χ3v) is 9.02. The van der Waals surface area contributed by atoms with Gasteiger partial charge in [-0.2, -0.15) is 0 Å². The van der Waals surface area contributed by atoms with E-state index in [4.69, 9.17) is 27.9 Å². The highest BCUT2D eigenvalue weighted by molar-refractivity contribution is 6.36. The SMILES string of the molecule is Cc1cc(C)c2c(c1)[C@H](n1cc(CN3[C@H](C)CN(C(=O)C(NC(=O)c4ccc(Cl)cc4Cl)C(C)C)C[C@@H]3C)nn1)CCO2. The average Bonchev–Trinajstić information content (AvgIpc) is 3.41. The quantitative estimate of drug-likeness (QED) is 0.375. The number of carbonyl (C=O) groups is 2. The number of piperazine rings is 1. The van der Waals surface area contributed by atoms with E-state index in [9.17, 15) is 9.59 Å². The van der Waals surface area contributed by atoms with Gasteiger partial charge in [0.25, 0.3) is 5.91 Å². The van der Waals surface area contributed by atoms with E-state index in [1.54, 1.807) is 12.1 Å². The van der Waals surface area contributed by atoms with Crippen LogP contribution in [-0.2, 0) is 11.3 Å². The molecule has 2 aliphatic heterocycles. The molecule has 0 spiro atoms. The Labute approximate surface area is 263 Å². The van der Waals surface area contributed by atoms with Gasteiger partial charge in [-0.15, -0.1) is 5.10 Å². The molecule has 0 radical (unpaired) electrons. The number of fused-ring (bicyclic) bond motifs is 1. The molecule has 0 aliphatic carbocycles. The summed E-state index contributed by atoms with van der Waals surface area (Å²) in [5, 5.41) is 12.7. The van der Waals surface area contributed by atoms with Crippen molar-refractivity contribution in [3.63, 3.8) is 0 Å².